The second kappa shape index (κ2) is 7.08. The molecule has 5 heteroatoms. The summed E-state index contributed by atoms with van der Waals surface area (Å²) >= 11 is 0. The van der Waals surface area contributed by atoms with Crippen LogP contribution in [0.25, 0.3) is 10.9 Å². The number of carbonyl (C=O) groups is 1. The van der Waals surface area contributed by atoms with Crippen molar-refractivity contribution in [3.63, 3.8) is 0 Å². The minimum atomic E-state index is -0.390. The maximum Gasteiger partial charge on any atom is 0.339 e. The Hall–Kier alpha value is -2.95. The van der Waals surface area contributed by atoms with Crippen molar-refractivity contribution >= 4 is 16.9 Å². The molecular weight excluding hydrogens is 309 g/mol. The van der Waals surface area contributed by atoms with Gasteiger partial charge < -0.3 is 9.47 Å². The van der Waals surface area contributed by atoms with Gasteiger partial charge in [0.05, 0.1) is 17.7 Å². The summed E-state index contributed by atoms with van der Waals surface area (Å²) in [5, 5.41) is 0.818. The number of fused-ring (bicyclic) bond motifs is 1. The number of aromatic nitrogens is 1. The van der Waals surface area contributed by atoms with Crippen molar-refractivity contribution in [3.05, 3.63) is 71.7 Å². The lowest BCUT2D eigenvalue weighted by Gasteiger charge is -2.08. The highest BCUT2D eigenvalue weighted by molar-refractivity contribution is 5.93. The van der Waals surface area contributed by atoms with Gasteiger partial charge in [0.2, 0.25) is 0 Å². The molecule has 122 valence electrons. The predicted octanol–water partition coefficient (Wildman–Crippen LogP) is 4.13. The van der Waals surface area contributed by atoms with E-state index in [0.29, 0.717) is 23.4 Å². The lowest BCUT2D eigenvalue weighted by atomic mass is 10.1. The molecule has 1 heterocycles. The standard InChI is InChI=1S/C19H16FNO3/c1-2-23-19(22)15-9-14-6-7-17(10-18(14)21-11-15)24-12-13-4-3-5-16(20)8-13/h3-11H,2,12H2,1H3. The van der Waals surface area contributed by atoms with Gasteiger partial charge in [-0.15, -0.1) is 0 Å². The Morgan fingerprint density at radius 2 is 2.04 bits per heavy atom. The molecule has 24 heavy (non-hydrogen) atoms. The van der Waals surface area contributed by atoms with Crippen LogP contribution in [0.2, 0.25) is 0 Å². The number of pyridine rings is 1. The number of hydrogen-bond donors (Lipinski definition) is 0. The fraction of sp³-hybridized carbons (Fsp3) is 0.158. The number of nitrogens with zero attached hydrogens (tertiary/aromatic N) is 1. The second-order valence-electron chi connectivity index (χ2n) is 5.22. The van der Waals surface area contributed by atoms with E-state index in [1.165, 1.54) is 18.3 Å². The van der Waals surface area contributed by atoms with Crippen LogP contribution in [0.3, 0.4) is 0 Å². The van der Waals surface area contributed by atoms with Gasteiger partial charge >= 0.3 is 5.97 Å². The van der Waals surface area contributed by atoms with Crippen LogP contribution in [-0.2, 0) is 11.3 Å². The first-order valence-corrected chi connectivity index (χ1v) is 7.60. The van der Waals surface area contributed by atoms with E-state index in [-0.39, 0.29) is 12.4 Å². The lowest BCUT2D eigenvalue weighted by molar-refractivity contribution is 0.0526. The molecule has 0 bridgehead atoms. The quantitative estimate of drug-likeness (QED) is 0.662. The van der Waals surface area contributed by atoms with E-state index < -0.39 is 5.97 Å². The number of rotatable bonds is 5. The van der Waals surface area contributed by atoms with Crippen molar-refractivity contribution in [2.24, 2.45) is 0 Å². The van der Waals surface area contributed by atoms with Gasteiger partial charge in [-0.3, -0.25) is 4.98 Å². The zero-order chi connectivity index (χ0) is 16.9. The SMILES string of the molecule is CCOC(=O)c1cnc2cc(OCc3cccc(F)c3)ccc2c1. The van der Waals surface area contributed by atoms with Gasteiger partial charge in [-0.05, 0) is 42.8 Å². The molecule has 0 atom stereocenters. The normalized spacial score (nSPS) is 10.6. The van der Waals surface area contributed by atoms with E-state index >= 15 is 0 Å². The highest BCUT2D eigenvalue weighted by Crippen LogP contribution is 2.21. The molecule has 3 rings (SSSR count). The van der Waals surface area contributed by atoms with Crippen molar-refractivity contribution in [3.8, 4) is 5.75 Å². The van der Waals surface area contributed by atoms with Gasteiger partial charge in [0.25, 0.3) is 0 Å². The molecule has 0 aliphatic rings. The number of esters is 1. The third-order valence-electron chi connectivity index (χ3n) is 3.46. The summed E-state index contributed by atoms with van der Waals surface area (Å²) in [5.41, 5.74) is 1.87. The fourth-order valence-corrected chi connectivity index (χ4v) is 2.31. The molecular formula is C19H16FNO3. The summed E-state index contributed by atoms with van der Waals surface area (Å²) in [6, 6.07) is 13.4. The molecule has 0 N–H and O–H groups in total. The van der Waals surface area contributed by atoms with Crippen LogP contribution in [0.15, 0.2) is 54.7 Å². The van der Waals surface area contributed by atoms with Crippen molar-refractivity contribution in [1.29, 1.82) is 0 Å². The second-order valence-corrected chi connectivity index (χ2v) is 5.22. The molecule has 0 amide bonds. The number of halogens is 1. The molecule has 0 spiro atoms. The van der Waals surface area contributed by atoms with Crippen molar-refractivity contribution in [2.45, 2.75) is 13.5 Å². The summed E-state index contributed by atoms with van der Waals surface area (Å²) in [6.45, 7) is 2.35. The largest absolute Gasteiger partial charge is 0.489 e. The van der Waals surface area contributed by atoms with E-state index in [1.54, 1.807) is 37.3 Å². The van der Waals surface area contributed by atoms with E-state index in [4.69, 9.17) is 9.47 Å². The first-order chi connectivity index (χ1) is 11.7. The fourth-order valence-electron chi connectivity index (χ4n) is 2.31. The van der Waals surface area contributed by atoms with Gasteiger partial charge in [-0.1, -0.05) is 12.1 Å². The number of ether oxygens (including phenoxy) is 2. The van der Waals surface area contributed by atoms with Gasteiger partial charge in [0, 0.05) is 17.6 Å². The summed E-state index contributed by atoms with van der Waals surface area (Å²) in [7, 11) is 0. The average Bonchev–Trinajstić information content (AvgIpc) is 2.59. The topological polar surface area (TPSA) is 48.4 Å². The molecule has 0 unspecified atom stereocenters. The van der Waals surface area contributed by atoms with E-state index in [9.17, 15) is 9.18 Å². The number of hydrogen-bond acceptors (Lipinski definition) is 4. The smallest absolute Gasteiger partial charge is 0.339 e. The maximum absolute atomic E-state index is 13.2. The van der Waals surface area contributed by atoms with Crippen LogP contribution in [0.1, 0.15) is 22.8 Å². The van der Waals surface area contributed by atoms with Crippen LogP contribution >= 0.6 is 0 Å². The highest BCUT2D eigenvalue weighted by atomic mass is 19.1. The van der Waals surface area contributed by atoms with E-state index in [1.807, 2.05) is 6.07 Å². The molecule has 0 aliphatic heterocycles. The van der Waals surface area contributed by atoms with Crippen LogP contribution in [0.4, 0.5) is 4.39 Å². The zero-order valence-corrected chi connectivity index (χ0v) is 13.2. The summed E-state index contributed by atoms with van der Waals surface area (Å²) in [4.78, 5) is 16.0. The summed E-state index contributed by atoms with van der Waals surface area (Å²) in [5.74, 6) is -0.0516. The summed E-state index contributed by atoms with van der Waals surface area (Å²) in [6.07, 6.45) is 1.48. The van der Waals surface area contributed by atoms with Crippen LogP contribution in [0.5, 0.6) is 5.75 Å². The molecule has 0 radical (unpaired) electrons. The Morgan fingerprint density at radius 1 is 1.17 bits per heavy atom. The van der Waals surface area contributed by atoms with Crippen molar-refractivity contribution in [1.82, 2.24) is 4.98 Å². The molecule has 1 aromatic heterocycles. The van der Waals surface area contributed by atoms with Crippen LogP contribution in [-0.4, -0.2) is 17.6 Å². The maximum atomic E-state index is 13.2. The van der Waals surface area contributed by atoms with Crippen molar-refractivity contribution in [2.75, 3.05) is 6.61 Å². The molecule has 3 aromatic rings. The average molecular weight is 325 g/mol. The van der Waals surface area contributed by atoms with Crippen LogP contribution in [0, 0.1) is 5.82 Å². The summed E-state index contributed by atoms with van der Waals surface area (Å²) < 4.78 is 23.8. The van der Waals surface area contributed by atoms with Crippen molar-refractivity contribution < 1.29 is 18.7 Å². The monoisotopic (exact) mass is 325 g/mol. The number of carbonyl (C=O) groups excluding carboxylic acids is 1. The van der Waals surface area contributed by atoms with Gasteiger partial charge in [0.15, 0.2) is 0 Å². The Morgan fingerprint density at radius 3 is 2.83 bits per heavy atom. The zero-order valence-electron chi connectivity index (χ0n) is 13.2. The van der Waals surface area contributed by atoms with Gasteiger partial charge in [0.1, 0.15) is 18.2 Å². The molecule has 2 aromatic carbocycles. The minimum absolute atomic E-state index is 0.268. The minimum Gasteiger partial charge on any atom is -0.489 e. The molecule has 0 aliphatic carbocycles. The Kier molecular flexibility index (Phi) is 4.70. The molecule has 0 saturated carbocycles. The van der Waals surface area contributed by atoms with Crippen LogP contribution < -0.4 is 4.74 Å². The molecule has 0 saturated heterocycles. The first-order valence-electron chi connectivity index (χ1n) is 7.60. The molecule has 4 nitrogen and oxygen atoms in total. The van der Waals surface area contributed by atoms with Gasteiger partial charge in [-0.25, -0.2) is 9.18 Å². The van der Waals surface area contributed by atoms with E-state index in [2.05, 4.69) is 4.98 Å². The highest BCUT2D eigenvalue weighted by Gasteiger charge is 2.08. The first kappa shape index (κ1) is 15.9. The lowest BCUT2D eigenvalue weighted by Crippen LogP contribution is -2.05. The third kappa shape index (κ3) is 3.68. The third-order valence-corrected chi connectivity index (χ3v) is 3.46. The Bertz CT molecular complexity index is 879. The number of benzene rings is 2. The predicted molar refractivity (Wildman–Crippen MR) is 88.4 cm³/mol. The van der Waals surface area contributed by atoms with Gasteiger partial charge in [-0.2, -0.15) is 0 Å². The van der Waals surface area contributed by atoms with E-state index in [0.717, 1.165) is 10.9 Å². The Balaban J connectivity index is 1.76. The Labute approximate surface area is 138 Å². The molecule has 0 fully saturated rings.